The molecule has 1 aliphatic heterocycles. The molecule has 2 heteroatoms. The van der Waals surface area contributed by atoms with Crippen molar-refractivity contribution in [1.82, 2.24) is 0 Å². The first kappa shape index (κ1) is 7.99. The summed E-state index contributed by atoms with van der Waals surface area (Å²) >= 11 is 2.04. The molecule has 0 atom stereocenters. The van der Waals surface area contributed by atoms with Crippen molar-refractivity contribution in [2.24, 2.45) is 0 Å². The van der Waals surface area contributed by atoms with Crippen LogP contribution >= 0.6 is 11.8 Å². The zero-order valence-electron chi connectivity index (χ0n) is 6.99. The molecule has 0 N–H and O–H groups in total. The Morgan fingerprint density at radius 3 is 2.83 bits per heavy atom. The van der Waals surface area contributed by atoms with Crippen LogP contribution in [0.3, 0.4) is 0 Å². The molecule has 0 aromatic heterocycles. The van der Waals surface area contributed by atoms with Gasteiger partial charge in [-0.3, -0.25) is 0 Å². The van der Waals surface area contributed by atoms with E-state index in [1.54, 1.807) is 0 Å². The van der Waals surface area contributed by atoms with Crippen LogP contribution in [0.15, 0.2) is 24.3 Å². The summed E-state index contributed by atoms with van der Waals surface area (Å²) in [5.74, 6) is 2.52. The predicted molar refractivity (Wildman–Crippen MR) is 54.8 cm³/mol. The average Bonchev–Trinajstić information content (AvgIpc) is 2.21. The maximum absolute atomic E-state index is 3.11. The molecule has 63 valence electrons. The van der Waals surface area contributed by atoms with Gasteiger partial charge in [0.2, 0.25) is 0 Å². The lowest BCUT2D eigenvalue weighted by Gasteiger charge is -2.28. The van der Waals surface area contributed by atoms with Crippen LogP contribution in [-0.2, 0) is 0 Å². The SMILES string of the molecule is [c]1cccc(N2CCSCC2)c1. The van der Waals surface area contributed by atoms with E-state index in [4.69, 9.17) is 0 Å². The summed E-state index contributed by atoms with van der Waals surface area (Å²) in [5, 5.41) is 0. The van der Waals surface area contributed by atoms with E-state index in [1.165, 1.54) is 30.3 Å². The third kappa shape index (κ3) is 1.75. The highest BCUT2D eigenvalue weighted by Gasteiger charge is 2.09. The monoisotopic (exact) mass is 178 g/mol. The molecular weight excluding hydrogens is 166 g/mol. The number of rotatable bonds is 1. The summed E-state index contributed by atoms with van der Waals surface area (Å²) in [6.07, 6.45) is 0. The minimum absolute atomic E-state index is 1.18. The molecule has 12 heavy (non-hydrogen) atoms. The third-order valence-corrected chi connectivity index (χ3v) is 3.01. The summed E-state index contributed by atoms with van der Waals surface area (Å²) < 4.78 is 0. The van der Waals surface area contributed by atoms with E-state index in [0.717, 1.165) is 0 Å². The van der Waals surface area contributed by atoms with E-state index < -0.39 is 0 Å². The first-order valence-electron chi connectivity index (χ1n) is 4.25. The van der Waals surface area contributed by atoms with Gasteiger partial charge in [-0.1, -0.05) is 12.1 Å². The number of thioether (sulfide) groups is 1. The first-order valence-corrected chi connectivity index (χ1v) is 5.41. The van der Waals surface area contributed by atoms with E-state index in [1.807, 2.05) is 17.8 Å². The van der Waals surface area contributed by atoms with Crippen molar-refractivity contribution < 1.29 is 0 Å². The van der Waals surface area contributed by atoms with Gasteiger partial charge in [0.1, 0.15) is 0 Å². The van der Waals surface area contributed by atoms with Crippen molar-refractivity contribution in [3.05, 3.63) is 30.3 Å². The van der Waals surface area contributed by atoms with Crippen molar-refractivity contribution in [1.29, 1.82) is 0 Å². The molecule has 0 amide bonds. The number of anilines is 1. The van der Waals surface area contributed by atoms with Crippen molar-refractivity contribution in [2.75, 3.05) is 29.5 Å². The van der Waals surface area contributed by atoms with Gasteiger partial charge in [0.15, 0.2) is 0 Å². The summed E-state index contributed by atoms with van der Waals surface area (Å²) in [5.41, 5.74) is 1.32. The largest absolute Gasteiger partial charge is 0.370 e. The molecule has 1 aromatic carbocycles. The van der Waals surface area contributed by atoms with Gasteiger partial charge in [-0.25, -0.2) is 0 Å². The van der Waals surface area contributed by atoms with E-state index in [0.29, 0.717) is 0 Å². The van der Waals surface area contributed by atoms with E-state index in [2.05, 4.69) is 29.2 Å². The maximum Gasteiger partial charge on any atom is 0.0372 e. The Morgan fingerprint density at radius 1 is 1.33 bits per heavy atom. The molecule has 1 aromatic rings. The fraction of sp³-hybridized carbons (Fsp3) is 0.400. The predicted octanol–water partition coefficient (Wildman–Crippen LogP) is 2.04. The molecule has 1 heterocycles. The maximum atomic E-state index is 3.11. The van der Waals surface area contributed by atoms with Gasteiger partial charge >= 0.3 is 0 Å². The van der Waals surface area contributed by atoms with Crippen molar-refractivity contribution >= 4 is 17.4 Å². The Hall–Kier alpha value is -0.630. The van der Waals surface area contributed by atoms with Crippen molar-refractivity contribution in [2.45, 2.75) is 0 Å². The quantitative estimate of drug-likeness (QED) is 0.647. The molecule has 0 unspecified atom stereocenters. The smallest absolute Gasteiger partial charge is 0.0372 e. The zero-order chi connectivity index (χ0) is 8.23. The second-order valence-electron chi connectivity index (χ2n) is 2.86. The fourth-order valence-corrected chi connectivity index (χ4v) is 2.31. The third-order valence-electron chi connectivity index (χ3n) is 2.07. The average molecular weight is 178 g/mol. The Balaban J connectivity index is 2.08. The Bertz CT molecular complexity index is 229. The molecule has 2 rings (SSSR count). The van der Waals surface area contributed by atoms with Crippen LogP contribution < -0.4 is 4.90 Å². The molecule has 0 aliphatic carbocycles. The number of nitrogens with zero attached hydrogens (tertiary/aromatic N) is 1. The molecule has 0 saturated carbocycles. The highest BCUT2D eigenvalue weighted by molar-refractivity contribution is 7.99. The molecular formula is C10H12NS. The van der Waals surface area contributed by atoms with Crippen LogP contribution in [0.1, 0.15) is 0 Å². The van der Waals surface area contributed by atoms with Gasteiger partial charge in [0, 0.05) is 30.3 Å². The molecule has 1 saturated heterocycles. The van der Waals surface area contributed by atoms with E-state index in [-0.39, 0.29) is 0 Å². The van der Waals surface area contributed by atoms with Crippen LogP contribution in [0.2, 0.25) is 0 Å². The molecule has 1 fully saturated rings. The van der Waals surface area contributed by atoms with Crippen molar-refractivity contribution in [3.63, 3.8) is 0 Å². The zero-order valence-corrected chi connectivity index (χ0v) is 7.81. The molecule has 0 spiro atoms. The van der Waals surface area contributed by atoms with E-state index in [9.17, 15) is 0 Å². The van der Waals surface area contributed by atoms with Crippen LogP contribution in [0.4, 0.5) is 5.69 Å². The standard InChI is InChI=1S/C10H12NS/c1-2-4-10(5-3-1)11-6-8-12-9-7-11/h1-2,4-5H,6-9H2. The van der Waals surface area contributed by atoms with Gasteiger partial charge < -0.3 is 4.90 Å². The van der Waals surface area contributed by atoms with Crippen LogP contribution in [0.5, 0.6) is 0 Å². The van der Waals surface area contributed by atoms with Crippen LogP contribution in [0.25, 0.3) is 0 Å². The normalized spacial score (nSPS) is 17.8. The summed E-state index contributed by atoms with van der Waals surface area (Å²) in [6.45, 7) is 2.37. The Kier molecular flexibility index (Phi) is 2.57. The Morgan fingerprint density at radius 2 is 2.17 bits per heavy atom. The van der Waals surface area contributed by atoms with Crippen LogP contribution in [-0.4, -0.2) is 24.6 Å². The van der Waals surface area contributed by atoms with Crippen molar-refractivity contribution in [3.8, 4) is 0 Å². The van der Waals surface area contributed by atoms with Gasteiger partial charge in [-0.2, -0.15) is 11.8 Å². The minimum atomic E-state index is 1.18. The summed E-state index contributed by atoms with van der Waals surface area (Å²) in [7, 11) is 0. The van der Waals surface area contributed by atoms with Crippen LogP contribution in [0, 0.1) is 6.07 Å². The number of hydrogen-bond acceptors (Lipinski definition) is 2. The second-order valence-corrected chi connectivity index (χ2v) is 4.09. The molecule has 1 radical (unpaired) electrons. The molecule has 1 nitrogen and oxygen atoms in total. The summed E-state index contributed by atoms with van der Waals surface area (Å²) in [6, 6.07) is 11.3. The highest BCUT2D eigenvalue weighted by atomic mass is 32.2. The number of hydrogen-bond donors (Lipinski definition) is 0. The minimum Gasteiger partial charge on any atom is -0.370 e. The van der Waals surface area contributed by atoms with Gasteiger partial charge in [-0.05, 0) is 18.2 Å². The summed E-state index contributed by atoms with van der Waals surface area (Å²) in [4.78, 5) is 2.42. The topological polar surface area (TPSA) is 3.24 Å². The van der Waals surface area contributed by atoms with Gasteiger partial charge in [0.25, 0.3) is 0 Å². The fourth-order valence-electron chi connectivity index (χ4n) is 1.40. The van der Waals surface area contributed by atoms with E-state index >= 15 is 0 Å². The second kappa shape index (κ2) is 3.85. The number of benzene rings is 1. The lowest BCUT2D eigenvalue weighted by atomic mass is 10.3. The lowest BCUT2D eigenvalue weighted by molar-refractivity contribution is 0.859. The lowest BCUT2D eigenvalue weighted by Crippen LogP contribution is -2.32. The van der Waals surface area contributed by atoms with Gasteiger partial charge in [-0.15, -0.1) is 0 Å². The first-order chi connectivity index (χ1) is 5.97. The highest BCUT2D eigenvalue weighted by Crippen LogP contribution is 2.17. The Labute approximate surface area is 77.8 Å². The van der Waals surface area contributed by atoms with Gasteiger partial charge in [0.05, 0.1) is 0 Å². The molecule has 0 bridgehead atoms. The molecule has 1 aliphatic rings.